The van der Waals surface area contributed by atoms with Crippen LogP contribution < -0.4 is 10.2 Å². The van der Waals surface area contributed by atoms with Gasteiger partial charge >= 0.3 is 0 Å². The Balaban J connectivity index is 2.20. The Morgan fingerprint density at radius 1 is 1.38 bits per heavy atom. The van der Waals surface area contributed by atoms with Crippen molar-refractivity contribution in [3.8, 4) is 5.75 Å². The Bertz CT molecular complexity index is 589. The second kappa shape index (κ2) is 6.08. The van der Waals surface area contributed by atoms with E-state index in [1.54, 1.807) is 12.2 Å². The molecule has 1 aromatic rings. The van der Waals surface area contributed by atoms with Gasteiger partial charge in [0.2, 0.25) is 0 Å². The second-order valence-corrected chi connectivity index (χ2v) is 6.58. The standard InChI is InChI=1S/C16H21ClN2O2/c1-10-7-14(12(8-13(10)17)16(2,3)4)21-9-11-5-6-15(20)19-18-11/h5-8,15,19-20H,9H2,1-4H3. The first-order valence-electron chi connectivity index (χ1n) is 6.89. The van der Waals surface area contributed by atoms with Crippen LogP contribution >= 0.6 is 11.6 Å². The number of nitrogens with one attached hydrogen (secondary N) is 1. The summed E-state index contributed by atoms with van der Waals surface area (Å²) >= 11 is 6.23. The average Bonchev–Trinajstić information content (AvgIpc) is 2.40. The molecule has 0 saturated carbocycles. The van der Waals surface area contributed by atoms with Gasteiger partial charge in [0, 0.05) is 10.6 Å². The lowest BCUT2D eigenvalue weighted by Gasteiger charge is -2.24. The van der Waals surface area contributed by atoms with E-state index in [4.69, 9.17) is 16.3 Å². The molecular weight excluding hydrogens is 288 g/mol. The van der Waals surface area contributed by atoms with E-state index in [9.17, 15) is 5.11 Å². The van der Waals surface area contributed by atoms with Crippen molar-refractivity contribution >= 4 is 17.3 Å². The van der Waals surface area contributed by atoms with Gasteiger partial charge < -0.3 is 9.84 Å². The summed E-state index contributed by atoms with van der Waals surface area (Å²) in [7, 11) is 0. The van der Waals surface area contributed by atoms with Crippen molar-refractivity contribution in [1.82, 2.24) is 5.43 Å². The quantitative estimate of drug-likeness (QED) is 0.902. The van der Waals surface area contributed by atoms with Crippen LogP contribution in [0.5, 0.6) is 5.75 Å². The van der Waals surface area contributed by atoms with Gasteiger partial charge in [0.15, 0.2) is 6.23 Å². The van der Waals surface area contributed by atoms with Crippen molar-refractivity contribution in [3.05, 3.63) is 40.4 Å². The smallest absolute Gasteiger partial charge is 0.159 e. The summed E-state index contributed by atoms with van der Waals surface area (Å²) in [5.41, 5.74) is 5.30. The zero-order chi connectivity index (χ0) is 15.6. The fourth-order valence-electron chi connectivity index (χ4n) is 2.02. The zero-order valence-electron chi connectivity index (χ0n) is 12.8. The van der Waals surface area contributed by atoms with Crippen LogP contribution in [0.4, 0.5) is 0 Å². The monoisotopic (exact) mass is 308 g/mol. The summed E-state index contributed by atoms with van der Waals surface area (Å²) < 4.78 is 5.91. The fourth-order valence-corrected chi connectivity index (χ4v) is 2.19. The second-order valence-electron chi connectivity index (χ2n) is 6.17. The molecule has 2 rings (SSSR count). The lowest BCUT2D eigenvalue weighted by Crippen LogP contribution is -2.28. The predicted molar refractivity (Wildman–Crippen MR) is 86.1 cm³/mol. The van der Waals surface area contributed by atoms with Crippen molar-refractivity contribution in [2.45, 2.75) is 39.3 Å². The number of hydrogen-bond donors (Lipinski definition) is 2. The van der Waals surface area contributed by atoms with Gasteiger partial charge in [0.25, 0.3) is 0 Å². The highest BCUT2D eigenvalue weighted by atomic mass is 35.5. The van der Waals surface area contributed by atoms with Crippen LogP contribution in [0, 0.1) is 6.92 Å². The van der Waals surface area contributed by atoms with Crippen LogP contribution in [0.2, 0.25) is 5.02 Å². The normalized spacial score (nSPS) is 18.2. The van der Waals surface area contributed by atoms with E-state index in [0.717, 1.165) is 27.6 Å². The Hall–Kier alpha value is -1.52. The molecule has 0 aromatic heterocycles. The number of ether oxygens (including phenoxy) is 1. The SMILES string of the molecule is Cc1cc(OCC2=NNC(O)C=C2)c(C(C)(C)C)cc1Cl. The van der Waals surface area contributed by atoms with Gasteiger partial charge in [-0.3, -0.25) is 5.43 Å². The molecule has 1 atom stereocenters. The van der Waals surface area contributed by atoms with Crippen molar-refractivity contribution in [2.24, 2.45) is 5.10 Å². The van der Waals surface area contributed by atoms with Gasteiger partial charge in [0.1, 0.15) is 12.4 Å². The number of aryl methyl sites for hydroxylation is 1. The molecule has 0 bridgehead atoms. The van der Waals surface area contributed by atoms with Crippen LogP contribution in [0.25, 0.3) is 0 Å². The van der Waals surface area contributed by atoms with E-state index in [2.05, 4.69) is 31.3 Å². The molecule has 4 nitrogen and oxygen atoms in total. The van der Waals surface area contributed by atoms with Crippen LogP contribution in [0.3, 0.4) is 0 Å². The van der Waals surface area contributed by atoms with Crippen LogP contribution in [-0.2, 0) is 5.41 Å². The number of aliphatic hydroxyl groups is 1. The maximum absolute atomic E-state index is 9.27. The number of halogens is 1. The molecule has 114 valence electrons. The highest BCUT2D eigenvalue weighted by Crippen LogP contribution is 2.35. The molecule has 1 heterocycles. The largest absolute Gasteiger partial charge is 0.487 e. The summed E-state index contributed by atoms with van der Waals surface area (Å²) in [6.45, 7) is 8.66. The highest BCUT2D eigenvalue weighted by Gasteiger charge is 2.21. The Labute approximate surface area is 130 Å². The summed E-state index contributed by atoms with van der Waals surface area (Å²) in [6.07, 6.45) is 2.65. The number of benzene rings is 1. The Morgan fingerprint density at radius 3 is 2.67 bits per heavy atom. The van der Waals surface area contributed by atoms with E-state index in [-0.39, 0.29) is 5.41 Å². The van der Waals surface area contributed by atoms with Crippen LogP contribution in [-0.4, -0.2) is 23.7 Å². The number of aliphatic hydroxyl groups excluding tert-OH is 1. The van der Waals surface area contributed by atoms with Gasteiger partial charge in [-0.05, 0) is 42.2 Å². The minimum absolute atomic E-state index is 0.0642. The first-order chi connectivity index (χ1) is 9.77. The summed E-state index contributed by atoms with van der Waals surface area (Å²) in [5, 5.41) is 14.0. The zero-order valence-corrected chi connectivity index (χ0v) is 13.5. The Kier molecular flexibility index (Phi) is 4.59. The van der Waals surface area contributed by atoms with Crippen LogP contribution in [0.15, 0.2) is 29.4 Å². The number of hydrazone groups is 1. The minimum Gasteiger partial charge on any atom is -0.487 e. The molecular formula is C16H21ClN2O2. The fraction of sp³-hybridized carbons (Fsp3) is 0.438. The van der Waals surface area contributed by atoms with E-state index >= 15 is 0 Å². The highest BCUT2D eigenvalue weighted by molar-refractivity contribution is 6.31. The molecule has 0 aliphatic carbocycles. The number of rotatable bonds is 3. The molecule has 0 radical (unpaired) electrons. The van der Waals surface area contributed by atoms with E-state index < -0.39 is 6.23 Å². The van der Waals surface area contributed by atoms with Gasteiger partial charge in [-0.25, -0.2) is 0 Å². The molecule has 0 saturated heterocycles. The molecule has 1 aliphatic heterocycles. The summed E-state index contributed by atoms with van der Waals surface area (Å²) in [4.78, 5) is 0. The first-order valence-corrected chi connectivity index (χ1v) is 7.27. The van der Waals surface area contributed by atoms with Crippen molar-refractivity contribution in [2.75, 3.05) is 6.61 Å². The molecule has 0 fully saturated rings. The van der Waals surface area contributed by atoms with Gasteiger partial charge in [-0.1, -0.05) is 32.4 Å². The lowest BCUT2D eigenvalue weighted by atomic mass is 9.86. The van der Waals surface area contributed by atoms with Gasteiger partial charge in [-0.15, -0.1) is 0 Å². The van der Waals surface area contributed by atoms with Crippen molar-refractivity contribution in [1.29, 1.82) is 0 Å². The van der Waals surface area contributed by atoms with Crippen LogP contribution in [0.1, 0.15) is 31.9 Å². The Morgan fingerprint density at radius 2 is 2.10 bits per heavy atom. The third-order valence-electron chi connectivity index (χ3n) is 3.26. The molecule has 0 spiro atoms. The molecule has 1 aromatic carbocycles. The van der Waals surface area contributed by atoms with E-state index in [1.165, 1.54) is 0 Å². The van der Waals surface area contributed by atoms with Crippen molar-refractivity contribution < 1.29 is 9.84 Å². The molecule has 1 aliphatic rings. The molecule has 21 heavy (non-hydrogen) atoms. The molecule has 0 amide bonds. The predicted octanol–water partition coefficient (Wildman–Crippen LogP) is 3.16. The third-order valence-corrected chi connectivity index (χ3v) is 3.66. The maximum atomic E-state index is 9.27. The van der Waals surface area contributed by atoms with Gasteiger partial charge in [-0.2, -0.15) is 5.10 Å². The van der Waals surface area contributed by atoms with Crippen molar-refractivity contribution in [3.63, 3.8) is 0 Å². The third kappa shape index (κ3) is 3.99. The van der Waals surface area contributed by atoms with E-state index in [1.807, 2.05) is 19.1 Å². The first kappa shape index (κ1) is 15.9. The molecule has 2 N–H and O–H groups in total. The number of nitrogens with zero attached hydrogens (tertiary/aromatic N) is 1. The molecule has 1 unspecified atom stereocenters. The maximum Gasteiger partial charge on any atom is 0.159 e. The minimum atomic E-state index is -0.725. The lowest BCUT2D eigenvalue weighted by molar-refractivity contribution is 0.185. The van der Waals surface area contributed by atoms with Gasteiger partial charge in [0.05, 0.1) is 5.71 Å². The average molecular weight is 309 g/mol. The summed E-state index contributed by atoms with van der Waals surface area (Å²) in [6, 6.07) is 3.92. The summed E-state index contributed by atoms with van der Waals surface area (Å²) in [5.74, 6) is 0.812. The topological polar surface area (TPSA) is 53.8 Å². The molecule has 5 heteroatoms. The van der Waals surface area contributed by atoms with E-state index in [0.29, 0.717) is 6.61 Å². The number of hydrogen-bond acceptors (Lipinski definition) is 4.